The first-order valence-corrected chi connectivity index (χ1v) is 10.2. The molecule has 162 valence electrons. The van der Waals surface area contributed by atoms with Crippen LogP contribution >= 0.6 is 0 Å². The SMILES string of the molecule is COc1cccc(OCC(=O)Nc2cc(C3CC3)nn2-c2nc(C(C)C)cc(=O)[nH]2)c1. The summed E-state index contributed by atoms with van der Waals surface area (Å²) in [6.45, 7) is 3.73. The van der Waals surface area contributed by atoms with Crippen LogP contribution in [0.25, 0.3) is 5.95 Å². The van der Waals surface area contributed by atoms with Crippen LogP contribution in [0.2, 0.25) is 0 Å². The van der Waals surface area contributed by atoms with Crippen molar-refractivity contribution in [2.24, 2.45) is 0 Å². The highest BCUT2D eigenvalue weighted by Gasteiger charge is 2.28. The summed E-state index contributed by atoms with van der Waals surface area (Å²) in [4.78, 5) is 31.9. The molecule has 1 aromatic carbocycles. The number of anilines is 1. The number of aromatic amines is 1. The van der Waals surface area contributed by atoms with E-state index in [4.69, 9.17) is 9.47 Å². The Balaban J connectivity index is 1.55. The zero-order chi connectivity index (χ0) is 22.0. The van der Waals surface area contributed by atoms with E-state index in [0.717, 1.165) is 18.5 Å². The third kappa shape index (κ3) is 4.93. The van der Waals surface area contributed by atoms with Crippen molar-refractivity contribution in [3.05, 3.63) is 58.1 Å². The molecule has 3 aromatic rings. The van der Waals surface area contributed by atoms with Crippen molar-refractivity contribution in [3.8, 4) is 17.4 Å². The molecule has 0 saturated heterocycles. The number of nitrogens with zero attached hydrogens (tertiary/aromatic N) is 3. The van der Waals surface area contributed by atoms with Gasteiger partial charge >= 0.3 is 0 Å². The van der Waals surface area contributed by atoms with Crippen LogP contribution in [0.3, 0.4) is 0 Å². The molecule has 1 aliphatic rings. The molecule has 2 heterocycles. The molecule has 0 unspecified atom stereocenters. The zero-order valence-electron chi connectivity index (χ0n) is 17.7. The number of carbonyl (C=O) groups is 1. The van der Waals surface area contributed by atoms with E-state index in [0.29, 0.717) is 28.9 Å². The Labute approximate surface area is 179 Å². The topological polar surface area (TPSA) is 111 Å². The van der Waals surface area contributed by atoms with Gasteiger partial charge in [-0.15, -0.1) is 0 Å². The normalized spacial score (nSPS) is 13.3. The molecule has 0 spiro atoms. The number of ether oxygens (including phenoxy) is 2. The Hall–Kier alpha value is -3.62. The molecule has 0 radical (unpaired) electrons. The molecule has 1 amide bonds. The van der Waals surface area contributed by atoms with Crippen LogP contribution in [-0.4, -0.2) is 39.4 Å². The molecule has 1 saturated carbocycles. The van der Waals surface area contributed by atoms with Gasteiger partial charge in [0.1, 0.15) is 17.3 Å². The summed E-state index contributed by atoms with van der Waals surface area (Å²) in [6, 6.07) is 10.3. The number of nitrogens with one attached hydrogen (secondary N) is 2. The van der Waals surface area contributed by atoms with Crippen LogP contribution in [0.1, 0.15) is 49.9 Å². The third-order valence-corrected chi connectivity index (χ3v) is 4.94. The maximum absolute atomic E-state index is 12.6. The number of carbonyl (C=O) groups excluding carboxylic acids is 1. The first-order valence-electron chi connectivity index (χ1n) is 10.2. The maximum Gasteiger partial charge on any atom is 0.263 e. The largest absolute Gasteiger partial charge is 0.497 e. The van der Waals surface area contributed by atoms with E-state index >= 15 is 0 Å². The number of amides is 1. The van der Waals surface area contributed by atoms with Gasteiger partial charge in [0.15, 0.2) is 6.61 Å². The highest BCUT2D eigenvalue weighted by Crippen LogP contribution is 2.40. The van der Waals surface area contributed by atoms with Crippen LogP contribution in [0.5, 0.6) is 11.5 Å². The maximum atomic E-state index is 12.6. The summed E-state index contributed by atoms with van der Waals surface area (Å²) >= 11 is 0. The Morgan fingerprint density at radius 1 is 1.26 bits per heavy atom. The number of rotatable bonds is 8. The predicted octanol–water partition coefficient (Wildman–Crippen LogP) is 2.98. The summed E-state index contributed by atoms with van der Waals surface area (Å²) in [6.07, 6.45) is 2.11. The lowest BCUT2D eigenvalue weighted by Crippen LogP contribution is -2.23. The van der Waals surface area contributed by atoms with E-state index in [-0.39, 0.29) is 29.9 Å². The summed E-state index contributed by atoms with van der Waals surface area (Å²) in [7, 11) is 1.57. The number of hydrogen-bond donors (Lipinski definition) is 2. The molecule has 31 heavy (non-hydrogen) atoms. The van der Waals surface area contributed by atoms with Crippen molar-refractivity contribution in [2.45, 2.75) is 38.5 Å². The Kier molecular flexibility index (Phi) is 5.75. The molecule has 2 N–H and O–H groups in total. The lowest BCUT2D eigenvalue weighted by atomic mass is 10.1. The molecular formula is C22H25N5O4. The Bertz CT molecular complexity index is 1150. The van der Waals surface area contributed by atoms with Crippen molar-refractivity contribution in [2.75, 3.05) is 19.0 Å². The standard InChI is InChI=1S/C22H25N5O4/c1-13(2)17-11-20(28)25-22(23-17)27-19(10-18(26-27)14-7-8-14)24-21(29)12-31-16-6-4-5-15(9-16)30-3/h4-6,9-11,13-14H,7-8,12H2,1-3H3,(H,24,29)(H,23,25,28). The van der Waals surface area contributed by atoms with Gasteiger partial charge in [0.2, 0.25) is 5.95 Å². The van der Waals surface area contributed by atoms with Crippen molar-refractivity contribution >= 4 is 11.7 Å². The average molecular weight is 423 g/mol. The van der Waals surface area contributed by atoms with Crippen molar-refractivity contribution in [1.82, 2.24) is 19.7 Å². The van der Waals surface area contributed by atoms with Crippen LogP contribution in [-0.2, 0) is 4.79 Å². The van der Waals surface area contributed by atoms with Gasteiger partial charge in [-0.3, -0.25) is 14.6 Å². The number of methoxy groups -OCH3 is 1. The van der Waals surface area contributed by atoms with Crippen molar-refractivity contribution in [3.63, 3.8) is 0 Å². The molecule has 9 nitrogen and oxygen atoms in total. The van der Waals surface area contributed by atoms with Crippen molar-refractivity contribution in [1.29, 1.82) is 0 Å². The molecule has 0 bridgehead atoms. The van der Waals surface area contributed by atoms with E-state index in [9.17, 15) is 9.59 Å². The van der Waals surface area contributed by atoms with E-state index in [2.05, 4.69) is 20.4 Å². The average Bonchev–Trinajstić information content (AvgIpc) is 3.52. The summed E-state index contributed by atoms with van der Waals surface area (Å²) in [5.41, 5.74) is 1.25. The third-order valence-electron chi connectivity index (χ3n) is 4.94. The number of benzene rings is 1. The monoisotopic (exact) mass is 423 g/mol. The molecular weight excluding hydrogens is 398 g/mol. The van der Waals surface area contributed by atoms with E-state index in [1.807, 2.05) is 19.9 Å². The molecule has 0 aliphatic heterocycles. The lowest BCUT2D eigenvalue weighted by Gasteiger charge is -2.11. The summed E-state index contributed by atoms with van der Waals surface area (Å²) in [5, 5.41) is 7.41. The summed E-state index contributed by atoms with van der Waals surface area (Å²) in [5.74, 6) is 1.96. The quantitative estimate of drug-likeness (QED) is 0.576. The number of H-pyrrole nitrogens is 1. The predicted molar refractivity (Wildman–Crippen MR) is 115 cm³/mol. The van der Waals surface area contributed by atoms with Gasteiger partial charge in [-0.2, -0.15) is 9.78 Å². The minimum Gasteiger partial charge on any atom is -0.497 e. The number of aromatic nitrogens is 4. The van der Waals surface area contributed by atoms with Gasteiger partial charge in [-0.1, -0.05) is 19.9 Å². The fraction of sp³-hybridized carbons (Fsp3) is 0.364. The molecule has 0 atom stereocenters. The molecule has 9 heteroatoms. The number of hydrogen-bond acceptors (Lipinski definition) is 6. The second-order valence-electron chi connectivity index (χ2n) is 7.80. The van der Waals surface area contributed by atoms with Crippen molar-refractivity contribution < 1.29 is 14.3 Å². The molecule has 1 aliphatic carbocycles. The van der Waals surface area contributed by atoms with Gasteiger partial charge in [0.05, 0.1) is 18.5 Å². The van der Waals surface area contributed by atoms with Crippen LogP contribution < -0.4 is 20.3 Å². The van der Waals surface area contributed by atoms with Gasteiger partial charge < -0.3 is 14.8 Å². The minimum atomic E-state index is -0.353. The minimum absolute atomic E-state index is 0.0776. The van der Waals surface area contributed by atoms with Gasteiger partial charge in [-0.25, -0.2) is 4.98 Å². The fourth-order valence-corrected chi connectivity index (χ4v) is 3.11. The smallest absolute Gasteiger partial charge is 0.263 e. The Morgan fingerprint density at radius 2 is 2.03 bits per heavy atom. The van der Waals surface area contributed by atoms with Gasteiger partial charge in [-0.05, 0) is 30.9 Å². The first kappa shape index (κ1) is 20.6. The second kappa shape index (κ2) is 8.63. The van der Waals surface area contributed by atoms with E-state index in [1.165, 1.54) is 10.7 Å². The highest BCUT2D eigenvalue weighted by atomic mass is 16.5. The van der Waals surface area contributed by atoms with Crippen LogP contribution in [0.4, 0.5) is 5.82 Å². The van der Waals surface area contributed by atoms with E-state index in [1.54, 1.807) is 31.4 Å². The second-order valence-corrected chi connectivity index (χ2v) is 7.80. The Morgan fingerprint density at radius 3 is 2.74 bits per heavy atom. The summed E-state index contributed by atoms with van der Waals surface area (Å²) < 4.78 is 12.2. The van der Waals surface area contributed by atoms with Gasteiger partial charge in [0, 0.05) is 24.1 Å². The molecule has 2 aromatic heterocycles. The fourth-order valence-electron chi connectivity index (χ4n) is 3.11. The first-order chi connectivity index (χ1) is 14.9. The van der Waals surface area contributed by atoms with Crippen LogP contribution in [0, 0.1) is 0 Å². The lowest BCUT2D eigenvalue weighted by molar-refractivity contribution is -0.118. The van der Waals surface area contributed by atoms with Crippen LogP contribution in [0.15, 0.2) is 41.2 Å². The highest BCUT2D eigenvalue weighted by molar-refractivity contribution is 5.91. The molecule has 4 rings (SSSR count). The molecule has 1 fully saturated rings. The van der Waals surface area contributed by atoms with Gasteiger partial charge in [0.25, 0.3) is 11.5 Å². The zero-order valence-corrected chi connectivity index (χ0v) is 17.7. The van der Waals surface area contributed by atoms with E-state index < -0.39 is 0 Å².